The van der Waals surface area contributed by atoms with Gasteiger partial charge in [-0.1, -0.05) is 6.07 Å². The van der Waals surface area contributed by atoms with Crippen LogP contribution < -0.4 is 5.32 Å². The maximum absolute atomic E-state index is 4.94. The molecule has 3 heterocycles. The lowest BCUT2D eigenvalue weighted by Gasteiger charge is -2.26. The molecule has 118 valence electrons. The van der Waals surface area contributed by atoms with Gasteiger partial charge in [0.1, 0.15) is 5.69 Å². The standard InChI is InChI=1S/C19H22N4/c1-13-11-17-18(12-14(13)2)23(15-6-9-20-10-7-15)19(22-17)16-5-3-4-8-21-16/h3-5,8,11-12,15,20H,6-7,9-10H2,1-2H3. The van der Waals surface area contributed by atoms with E-state index < -0.39 is 0 Å². The topological polar surface area (TPSA) is 42.7 Å². The van der Waals surface area contributed by atoms with Crippen LogP contribution in [0, 0.1) is 13.8 Å². The van der Waals surface area contributed by atoms with Crippen molar-refractivity contribution in [1.82, 2.24) is 19.9 Å². The number of nitrogens with zero attached hydrogens (tertiary/aromatic N) is 3. The maximum atomic E-state index is 4.94. The number of fused-ring (bicyclic) bond motifs is 1. The molecule has 4 rings (SSSR count). The largest absolute Gasteiger partial charge is 0.319 e. The second-order valence-electron chi connectivity index (χ2n) is 6.43. The van der Waals surface area contributed by atoms with Crippen molar-refractivity contribution in [2.24, 2.45) is 0 Å². The average molecular weight is 306 g/mol. The highest BCUT2D eigenvalue weighted by molar-refractivity contribution is 5.82. The fourth-order valence-corrected chi connectivity index (χ4v) is 3.46. The molecule has 0 atom stereocenters. The van der Waals surface area contributed by atoms with Gasteiger partial charge in [-0.3, -0.25) is 4.98 Å². The van der Waals surface area contributed by atoms with Gasteiger partial charge in [0.25, 0.3) is 0 Å². The molecular weight excluding hydrogens is 284 g/mol. The van der Waals surface area contributed by atoms with Gasteiger partial charge >= 0.3 is 0 Å². The molecule has 0 unspecified atom stereocenters. The summed E-state index contributed by atoms with van der Waals surface area (Å²) in [6.45, 7) is 6.46. The van der Waals surface area contributed by atoms with Crippen LogP contribution in [0.5, 0.6) is 0 Å². The van der Waals surface area contributed by atoms with E-state index in [1.807, 2.05) is 18.3 Å². The monoisotopic (exact) mass is 306 g/mol. The lowest BCUT2D eigenvalue weighted by Crippen LogP contribution is -2.29. The summed E-state index contributed by atoms with van der Waals surface area (Å²) in [5, 5.41) is 3.46. The summed E-state index contributed by atoms with van der Waals surface area (Å²) in [7, 11) is 0. The molecule has 1 saturated heterocycles. The van der Waals surface area contributed by atoms with Crippen molar-refractivity contribution in [2.75, 3.05) is 13.1 Å². The van der Waals surface area contributed by atoms with Crippen molar-refractivity contribution in [3.05, 3.63) is 47.7 Å². The van der Waals surface area contributed by atoms with E-state index in [9.17, 15) is 0 Å². The van der Waals surface area contributed by atoms with Crippen LogP contribution >= 0.6 is 0 Å². The van der Waals surface area contributed by atoms with Crippen LogP contribution in [-0.4, -0.2) is 27.6 Å². The molecule has 0 radical (unpaired) electrons. The van der Waals surface area contributed by atoms with Crippen molar-refractivity contribution < 1.29 is 0 Å². The molecule has 4 heteroatoms. The van der Waals surface area contributed by atoms with Gasteiger partial charge in [0.2, 0.25) is 0 Å². The minimum Gasteiger partial charge on any atom is -0.319 e. The third-order valence-electron chi connectivity index (χ3n) is 4.87. The lowest BCUT2D eigenvalue weighted by molar-refractivity contribution is 0.377. The fourth-order valence-electron chi connectivity index (χ4n) is 3.46. The van der Waals surface area contributed by atoms with Crippen LogP contribution in [-0.2, 0) is 0 Å². The number of aryl methyl sites for hydroxylation is 2. The van der Waals surface area contributed by atoms with E-state index in [0.29, 0.717) is 6.04 Å². The Morgan fingerprint density at radius 3 is 2.61 bits per heavy atom. The van der Waals surface area contributed by atoms with Crippen molar-refractivity contribution in [1.29, 1.82) is 0 Å². The number of piperidine rings is 1. The van der Waals surface area contributed by atoms with E-state index >= 15 is 0 Å². The molecule has 1 fully saturated rings. The van der Waals surface area contributed by atoms with Crippen molar-refractivity contribution in [2.45, 2.75) is 32.7 Å². The van der Waals surface area contributed by atoms with Gasteiger partial charge in [-0.25, -0.2) is 4.98 Å². The van der Waals surface area contributed by atoms with Gasteiger partial charge in [0.15, 0.2) is 5.82 Å². The Morgan fingerprint density at radius 2 is 1.87 bits per heavy atom. The Balaban J connectivity index is 1.96. The summed E-state index contributed by atoms with van der Waals surface area (Å²) in [5.74, 6) is 0.998. The van der Waals surface area contributed by atoms with Gasteiger partial charge in [-0.05, 0) is 75.2 Å². The normalized spacial score (nSPS) is 16.1. The number of nitrogens with one attached hydrogen (secondary N) is 1. The molecule has 1 aliphatic heterocycles. The van der Waals surface area contributed by atoms with E-state index in [0.717, 1.165) is 43.0 Å². The molecule has 0 saturated carbocycles. The number of hydrogen-bond acceptors (Lipinski definition) is 3. The highest BCUT2D eigenvalue weighted by atomic mass is 15.1. The summed E-state index contributed by atoms with van der Waals surface area (Å²) in [6, 6.07) is 11.0. The third-order valence-corrected chi connectivity index (χ3v) is 4.87. The zero-order valence-electron chi connectivity index (χ0n) is 13.7. The maximum Gasteiger partial charge on any atom is 0.160 e. The SMILES string of the molecule is Cc1cc2nc(-c3ccccn3)n(C3CCNCC3)c2cc1C. The quantitative estimate of drug-likeness (QED) is 0.786. The van der Waals surface area contributed by atoms with Crippen molar-refractivity contribution in [3.63, 3.8) is 0 Å². The van der Waals surface area contributed by atoms with Gasteiger partial charge in [0.05, 0.1) is 11.0 Å². The van der Waals surface area contributed by atoms with E-state index in [1.54, 1.807) is 0 Å². The smallest absolute Gasteiger partial charge is 0.160 e. The van der Waals surface area contributed by atoms with E-state index in [1.165, 1.54) is 16.6 Å². The average Bonchev–Trinajstić information content (AvgIpc) is 2.95. The molecule has 1 aliphatic rings. The van der Waals surface area contributed by atoms with Crippen LogP contribution in [0.1, 0.15) is 30.0 Å². The second-order valence-corrected chi connectivity index (χ2v) is 6.43. The second kappa shape index (κ2) is 5.78. The van der Waals surface area contributed by atoms with Crippen LogP contribution in [0.4, 0.5) is 0 Å². The lowest BCUT2D eigenvalue weighted by atomic mass is 10.0. The number of aromatic nitrogens is 3. The highest BCUT2D eigenvalue weighted by Crippen LogP contribution is 2.32. The fraction of sp³-hybridized carbons (Fsp3) is 0.368. The molecule has 0 bridgehead atoms. The van der Waals surface area contributed by atoms with E-state index in [4.69, 9.17) is 4.98 Å². The molecule has 0 spiro atoms. The molecule has 1 aromatic carbocycles. The Hall–Kier alpha value is -2.20. The van der Waals surface area contributed by atoms with Gasteiger partial charge < -0.3 is 9.88 Å². The van der Waals surface area contributed by atoms with Crippen LogP contribution in [0.3, 0.4) is 0 Å². The first-order valence-electron chi connectivity index (χ1n) is 8.35. The molecular formula is C19H22N4. The van der Waals surface area contributed by atoms with Gasteiger partial charge in [-0.15, -0.1) is 0 Å². The van der Waals surface area contributed by atoms with E-state index in [2.05, 4.69) is 46.9 Å². The van der Waals surface area contributed by atoms with Crippen LogP contribution in [0.15, 0.2) is 36.5 Å². The van der Waals surface area contributed by atoms with Crippen molar-refractivity contribution >= 4 is 11.0 Å². The summed E-state index contributed by atoms with van der Waals surface area (Å²) in [5.41, 5.74) is 5.88. The summed E-state index contributed by atoms with van der Waals surface area (Å²) in [4.78, 5) is 9.49. The minimum atomic E-state index is 0.486. The molecule has 4 nitrogen and oxygen atoms in total. The minimum absolute atomic E-state index is 0.486. The molecule has 1 N–H and O–H groups in total. The number of hydrogen-bond donors (Lipinski definition) is 1. The Labute approximate surface area is 136 Å². The highest BCUT2D eigenvalue weighted by Gasteiger charge is 2.22. The predicted octanol–water partition coefficient (Wildman–Crippen LogP) is 3.64. The first-order valence-corrected chi connectivity index (χ1v) is 8.35. The zero-order chi connectivity index (χ0) is 15.8. The Bertz CT molecular complexity index is 829. The zero-order valence-corrected chi connectivity index (χ0v) is 13.7. The predicted molar refractivity (Wildman–Crippen MR) is 93.6 cm³/mol. The third kappa shape index (κ3) is 2.53. The Kier molecular flexibility index (Phi) is 3.62. The summed E-state index contributed by atoms with van der Waals surface area (Å²) >= 11 is 0. The molecule has 2 aromatic heterocycles. The first-order chi connectivity index (χ1) is 11.2. The van der Waals surface area contributed by atoms with Gasteiger partial charge in [-0.2, -0.15) is 0 Å². The number of benzene rings is 1. The van der Waals surface area contributed by atoms with Crippen LogP contribution in [0.2, 0.25) is 0 Å². The first kappa shape index (κ1) is 14.4. The number of imidazole rings is 1. The van der Waals surface area contributed by atoms with Crippen molar-refractivity contribution in [3.8, 4) is 11.5 Å². The molecule has 23 heavy (non-hydrogen) atoms. The Morgan fingerprint density at radius 1 is 1.09 bits per heavy atom. The number of rotatable bonds is 2. The van der Waals surface area contributed by atoms with Crippen LogP contribution in [0.25, 0.3) is 22.6 Å². The molecule has 0 aliphatic carbocycles. The molecule has 0 amide bonds. The molecule has 3 aromatic rings. The van der Waals surface area contributed by atoms with Gasteiger partial charge in [0, 0.05) is 12.2 Å². The summed E-state index contributed by atoms with van der Waals surface area (Å²) in [6.07, 6.45) is 4.12. The van der Waals surface area contributed by atoms with E-state index in [-0.39, 0.29) is 0 Å². The summed E-state index contributed by atoms with van der Waals surface area (Å²) < 4.78 is 2.42. The number of pyridine rings is 1.